The Morgan fingerprint density at radius 2 is 1.58 bits per heavy atom. The van der Waals surface area contributed by atoms with Gasteiger partial charge in [0.2, 0.25) is 0 Å². The maximum atomic E-state index is 12.4. The summed E-state index contributed by atoms with van der Waals surface area (Å²) in [6.07, 6.45) is 1.45. The fourth-order valence-corrected chi connectivity index (χ4v) is 2.52. The second-order valence-electron chi connectivity index (χ2n) is 8.49. The van der Waals surface area contributed by atoms with Crippen molar-refractivity contribution < 1.29 is 29.0 Å². The molecule has 0 aromatic rings. The second kappa shape index (κ2) is 8.56. The van der Waals surface area contributed by atoms with E-state index in [1.165, 1.54) is 0 Å². The van der Waals surface area contributed by atoms with Crippen molar-refractivity contribution in [2.75, 3.05) is 0 Å². The number of aliphatic hydroxyl groups is 1. The number of ether oxygens (including phenoxy) is 2. The van der Waals surface area contributed by atoms with Crippen LogP contribution in [0.3, 0.4) is 0 Å². The van der Waals surface area contributed by atoms with Crippen LogP contribution in [-0.4, -0.2) is 40.2 Å². The lowest BCUT2D eigenvalue weighted by atomic mass is 9.91. The molecule has 0 saturated heterocycles. The Hall–Kier alpha value is -2.05. The van der Waals surface area contributed by atoms with Gasteiger partial charge in [0, 0.05) is 18.4 Å². The number of nitrogens with one attached hydrogen (secondary N) is 1. The molecule has 7 heteroatoms. The second-order valence-corrected chi connectivity index (χ2v) is 8.49. The van der Waals surface area contributed by atoms with Gasteiger partial charge in [-0.05, 0) is 60.8 Å². The average Bonchev–Trinajstić information content (AvgIpc) is 2.43. The molecule has 0 heterocycles. The Bertz CT molecular complexity index is 580. The van der Waals surface area contributed by atoms with Crippen LogP contribution < -0.4 is 5.32 Å². The summed E-state index contributed by atoms with van der Waals surface area (Å²) in [6, 6.07) is -1.15. The van der Waals surface area contributed by atoms with E-state index in [1.807, 2.05) is 0 Å². The number of hydrogen-bond donors (Lipinski definition) is 2. The normalized spacial score (nSPS) is 18.8. The molecule has 2 N–H and O–H groups in total. The van der Waals surface area contributed by atoms with E-state index in [4.69, 9.17) is 9.47 Å². The van der Waals surface area contributed by atoms with Gasteiger partial charge in [-0.3, -0.25) is 4.79 Å². The third-order valence-electron chi connectivity index (χ3n) is 3.55. The maximum Gasteiger partial charge on any atom is 0.408 e. The van der Waals surface area contributed by atoms with Crippen LogP contribution in [0.5, 0.6) is 0 Å². The number of rotatable bonds is 4. The molecule has 0 bridgehead atoms. The molecular formula is C19H31NO6. The fourth-order valence-electron chi connectivity index (χ4n) is 2.52. The van der Waals surface area contributed by atoms with E-state index >= 15 is 0 Å². The van der Waals surface area contributed by atoms with E-state index in [0.29, 0.717) is 18.4 Å². The van der Waals surface area contributed by atoms with Gasteiger partial charge in [-0.15, -0.1) is 0 Å². The summed E-state index contributed by atoms with van der Waals surface area (Å²) < 4.78 is 10.5. The van der Waals surface area contributed by atoms with Crippen molar-refractivity contribution in [3.05, 3.63) is 11.3 Å². The SMILES string of the molecule is CC(C)(C)OC(=O)N[C@@H](C/C(O)=C1/CCCCC1=O)C(=O)OC(C)(C)C. The van der Waals surface area contributed by atoms with Crippen molar-refractivity contribution in [3.63, 3.8) is 0 Å². The zero-order valence-electron chi connectivity index (χ0n) is 16.6. The lowest BCUT2D eigenvalue weighted by molar-refractivity contribution is -0.157. The standard InChI is InChI=1S/C19H31NO6/c1-18(2,3)25-16(23)13(20-17(24)26-19(4,5)6)11-15(22)12-9-7-8-10-14(12)21/h13,22H,7-11H2,1-6H3,(H,20,24)/b15-12+/t13-/m0/s1. The predicted octanol–water partition coefficient (Wildman–Crippen LogP) is 3.57. The summed E-state index contributed by atoms with van der Waals surface area (Å²) in [5.74, 6) is -0.991. The van der Waals surface area contributed by atoms with Crippen molar-refractivity contribution in [2.24, 2.45) is 0 Å². The van der Waals surface area contributed by atoms with Crippen LogP contribution in [-0.2, 0) is 19.1 Å². The topological polar surface area (TPSA) is 102 Å². The van der Waals surface area contributed by atoms with Crippen LogP contribution in [0, 0.1) is 0 Å². The first-order valence-electron chi connectivity index (χ1n) is 8.95. The summed E-state index contributed by atoms with van der Waals surface area (Å²) in [7, 11) is 0. The first-order valence-corrected chi connectivity index (χ1v) is 8.95. The lowest BCUT2D eigenvalue weighted by Crippen LogP contribution is -2.46. The minimum Gasteiger partial charge on any atom is -0.512 e. The fraction of sp³-hybridized carbons (Fsp3) is 0.737. The Labute approximate surface area is 155 Å². The highest BCUT2D eigenvalue weighted by molar-refractivity contribution is 5.96. The largest absolute Gasteiger partial charge is 0.512 e. The van der Waals surface area contributed by atoms with Crippen LogP contribution in [0.15, 0.2) is 11.3 Å². The minimum atomic E-state index is -1.15. The van der Waals surface area contributed by atoms with Crippen molar-refractivity contribution in [1.82, 2.24) is 5.32 Å². The van der Waals surface area contributed by atoms with E-state index in [2.05, 4.69) is 5.32 Å². The number of aliphatic hydroxyl groups excluding tert-OH is 1. The van der Waals surface area contributed by atoms with Crippen molar-refractivity contribution in [1.29, 1.82) is 0 Å². The maximum absolute atomic E-state index is 12.4. The molecule has 0 aromatic carbocycles. The number of hydrogen-bond acceptors (Lipinski definition) is 6. The van der Waals surface area contributed by atoms with Crippen molar-refractivity contribution in [2.45, 2.75) is 90.9 Å². The molecule has 0 spiro atoms. The molecule has 1 aliphatic rings. The van der Waals surface area contributed by atoms with Gasteiger partial charge in [0.05, 0.1) is 0 Å². The zero-order chi connectivity index (χ0) is 20.1. The highest BCUT2D eigenvalue weighted by Crippen LogP contribution is 2.24. The molecule has 0 aromatic heterocycles. The minimum absolute atomic E-state index is 0.117. The van der Waals surface area contributed by atoms with Gasteiger partial charge in [0.1, 0.15) is 23.0 Å². The molecular weight excluding hydrogens is 338 g/mol. The molecule has 7 nitrogen and oxygen atoms in total. The van der Waals surface area contributed by atoms with Crippen LogP contribution in [0.2, 0.25) is 0 Å². The number of carbonyl (C=O) groups is 3. The molecule has 1 fully saturated rings. The van der Waals surface area contributed by atoms with Gasteiger partial charge in [0.25, 0.3) is 0 Å². The van der Waals surface area contributed by atoms with E-state index in [9.17, 15) is 19.5 Å². The van der Waals surface area contributed by atoms with Gasteiger partial charge >= 0.3 is 12.1 Å². The van der Waals surface area contributed by atoms with Gasteiger partial charge in [-0.1, -0.05) is 0 Å². The van der Waals surface area contributed by atoms with E-state index in [1.54, 1.807) is 41.5 Å². The van der Waals surface area contributed by atoms with Gasteiger partial charge in [-0.2, -0.15) is 0 Å². The summed E-state index contributed by atoms with van der Waals surface area (Å²) in [5.41, 5.74) is -1.16. The Kier molecular flexibility index (Phi) is 7.24. The van der Waals surface area contributed by atoms with E-state index in [-0.39, 0.29) is 18.0 Å². The molecule has 148 valence electrons. The highest BCUT2D eigenvalue weighted by Gasteiger charge is 2.31. The average molecular weight is 369 g/mol. The Morgan fingerprint density at radius 1 is 1.04 bits per heavy atom. The molecule has 1 atom stereocenters. The van der Waals surface area contributed by atoms with Crippen LogP contribution >= 0.6 is 0 Å². The van der Waals surface area contributed by atoms with Gasteiger partial charge < -0.3 is 19.9 Å². The summed E-state index contributed by atoms with van der Waals surface area (Å²) in [6.45, 7) is 10.2. The predicted molar refractivity (Wildman–Crippen MR) is 96.7 cm³/mol. The number of alkyl carbamates (subject to hydrolysis) is 1. The molecule has 1 saturated carbocycles. The lowest BCUT2D eigenvalue weighted by Gasteiger charge is -2.26. The summed E-state index contributed by atoms with van der Waals surface area (Å²) in [4.78, 5) is 36.5. The van der Waals surface area contributed by atoms with Crippen LogP contribution in [0.1, 0.15) is 73.6 Å². The molecule has 0 aliphatic heterocycles. The molecule has 26 heavy (non-hydrogen) atoms. The van der Waals surface area contributed by atoms with E-state index in [0.717, 1.165) is 12.8 Å². The number of allylic oxidation sites excluding steroid dienone is 1. The smallest absolute Gasteiger partial charge is 0.408 e. The quantitative estimate of drug-likeness (QED) is 0.446. The summed E-state index contributed by atoms with van der Waals surface area (Å²) >= 11 is 0. The number of ketones is 1. The van der Waals surface area contributed by atoms with Crippen LogP contribution in [0.4, 0.5) is 4.79 Å². The van der Waals surface area contributed by atoms with Crippen molar-refractivity contribution in [3.8, 4) is 0 Å². The molecule has 1 amide bonds. The van der Waals surface area contributed by atoms with Crippen LogP contribution in [0.25, 0.3) is 0 Å². The molecule has 1 aliphatic carbocycles. The van der Waals surface area contributed by atoms with Crippen molar-refractivity contribution >= 4 is 17.8 Å². The number of carbonyl (C=O) groups excluding carboxylic acids is 3. The Balaban J connectivity index is 2.96. The highest BCUT2D eigenvalue weighted by atomic mass is 16.6. The molecule has 0 radical (unpaired) electrons. The number of amides is 1. The molecule has 0 unspecified atom stereocenters. The monoisotopic (exact) mass is 369 g/mol. The number of esters is 1. The van der Waals surface area contributed by atoms with E-state index < -0.39 is 29.3 Å². The van der Waals surface area contributed by atoms with Gasteiger partial charge in [0.15, 0.2) is 5.78 Å². The zero-order valence-corrected chi connectivity index (χ0v) is 16.6. The first kappa shape index (κ1) is 22.0. The third-order valence-corrected chi connectivity index (χ3v) is 3.55. The van der Waals surface area contributed by atoms with Gasteiger partial charge in [-0.25, -0.2) is 9.59 Å². The first-order chi connectivity index (χ1) is 11.8. The summed E-state index contributed by atoms with van der Waals surface area (Å²) in [5, 5.41) is 12.8. The Morgan fingerprint density at radius 3 is 2.08 bits per heavy atom. The third kappa shape index (κ3) is 7.89. The number of Topliss-reactive ketones (excluding diaryl/α,β-unsaturated/α-hetero) is 1. The molecule has 1 rings (SSSR count).